The molecule has 2 saturated heterocycles. The molecule has 0 N–H and O–H groups in total. The van der Waals surface area contributed by atoms with Crippen LogP contribution in [0.4, 0.5) is 5.69 Å². The van der Waals surface area contributed by atoms with E-state index in [9.17, 15) is 0 Å². The minimum absolute atomic E-state index is 0.0477. The Labute approximate surface area is 179 Å². The molecule has 0 radical (unpaired) electrons. The lowest BCUT2D eigenvalue weighted by atomic mass is 9.78. The number of ether oxygens (including phenoxy) is 2. The monoisotopic (exact) mass is 399 g/mol. The van der Waals surface area contributed by atoms with Crippen molar-refractivity contribution in [1.29, 1.82) is 0 Å². The van der Waals surface area contributed by atoms with Gasteiger partial charge in [-0.1, -0.05) is 55.8 Å². The molecule has 0 aromatic heterocycles. The number of nitrogens with zero attached hydrogens (tertiary/aromatic N) is 1. The topological polar surface area (TPSA) is 21.7 Å². The number of hydrogen-bond donors (Lipinski definition) is 0. The average molecular weight is 400 g/mol. The molecule has 0 amide bonds. The molecule has 3 nitrogen and oxygen atoms in total. The molecule has 0 atom stereocenters. The van der Waals surface area contributed by atoms with Crippen LogP contribution in [0, 0.1) is 12.3 Å². The average Bonchev–Trinajstić information content (AvgIpc) is 2.68. The summed E-state index contributed by atoms with van der Waals surface area (Å²) >= 11 is 0. The first kappa shape index (κ1) is 19.2. The highest BCUT2D eigenvalue weighted by Crippen LogP contribution is 2.40. The number of anilines is 1. The van der Waals surface area contributed by atoms with Crippen molar-refractivity contribution < 1.29 is 9.47 Å². The smallest absolute Gasteiger partial charge is 0.127 e. The largest absolute Gasteiger partial charge is 0.457 e. The molecular formula is C27H29NO2. The Kier molecular flexibility index (Phi) is 4.59. The normalized spacial score (nSPS) is 17.4. The Morgan fingerprint density at radius 2 is 1.27 bits per heavy atom. The Hall–Kier alpha value is -2.78. The summed E-state index contributed by atoms with van der Waals surface area (Å²) in [5.74, 6) is 1.73. The van der Waals surface area contributed by atoms with E-state index in [1.807, 2.05) is 0 Å². The van der Waals surface area contributed by atoms with Crippen LogP contribution in [0.5, 0.6) is 11.5 Å². The zero-order valence-corrected chi connectivity index (χ0v) is 18.0. The van der Waals surface area contributed by atoms with Crippen LogP contribution in [0.15, 0.2) is 72.8 Å². The van der Waals surface area contributed by atoms with Gasteiger partial charge in [-0.3, -0.25) is 0 Å². The highest BCUT2D eigenvalue weighted by atomic mass is 16.5. The first-order valence-corrected chi connectivity index (χ1v) is 10.7. The molecule has 5 rings (SSSR count). The van der Waals surface area contributed by atoms with E-state index in [1.165, 1.54) is 22.4 Å². The minimum atomic E-state index is -0.0477. The van der Waals surface area contributed by atoms with Crippen LogP contribution in [-0.2, 0) is 10.2 Å². The second-order valence-corrected chi connectivity index (χ2v) is 9.46. The van der Waals surface area contributed by atoms with E-state index in [-0.39, 0.29) is 5.41 Å². The molecule has 2 heterocycles. The summed E-state index contributed by atoms with van der Waals surface area (Å²) in [6.45, 7) is 10.7. The summed E-state index contributed by atoms with van der Waals surface area (Å²) in [5, 5.41) is 0. The Balaban J connectivity index is 1.24. The van der Waals surface area contributed by atoms with Gasteiger partial charge in [0.25, 0.3) is 0 Å². The van der Waals surface area contributed by atoms with Crippen LogP contribution in [-0.4, -0.2) is 26.3 Å². The lowest BCUT2D eigenvalue weighted by molar-refractivity contribution is -0.127. The number of aryl methyl sites for hydroxylation is 1. The fourth-order valence-electron chi connectivity index (χ4n) is 4.46. The van der Waals surface area contributed by atoms with Crippen molar-refractivity contribution in [2.45, 2.75) is 26.2 Å². The third-order valence-electron chi connectivity index (χ3n) is 6.66. The van der Waals surface area contributed by atoms with E-state index in [0.29, 0.717) is 5.41 Å². The van der Waals surface area contributed by atoms with Gasteiger partial charge in [0.15, 0.2) is 0 Å². The summed E-state index contributed by atoms with van der Waals surface area (Å²) in [4.78, 5) is 2.41. The van der Waals surface area contributed by atoms with Gasteiger partial charge in [0.1, 0.15) is 11.5 Å². The first-order valence-electron chi connectivity index (χ1n) is 10.7. The van der Waals surface area contributed by atoms with Crippen molar-refractivity contribution in [2.24, 2.45) is 5.41 Å². The van der Waals surface area contributed by atoms with Gasteiger partial charge < -0.3 is 14.4 Å². The molecule has 2 aliphatic rings. The van der Waals surface area contributed by atoms with E-state index < -0.39 is 0 Å². The third-order valence-corrected chi connectivity index (χ3v) is 6.66. The fraction of sp³-hybridized carbons (Fsp3) is 0.333. The standard InChI is InChI=1S/C27H29NO2/c1-20-4-6-21(7-5-20)26(2,3)22-8-12-24(13-9-22)30-25-14-10-23(11-15-25)28-16-27(17-28)18-29-19-27/h4-15H,16-19H2,1-3H3. The zero-order chi connectivity index (χ0) is 20.8. The highest BCUT2D eigenvalue weighted by Gasteiger charge is 2.48. The van der Waals surface area contributed by atoms with Crippen LogP contribution < -0.4 is 9.64 Å². The van der Waals surface area contributed by atoms with Crippen molar-refractivity contribution in [3.05, 3.63) is 89.5 Å². The van der Waals surface area contributed by atoms with E-state index in [0.717, 1.165) is 37.8 Å². The molecule has 3 aromatic rings. The fourth-order valence-corrected chi connectivity index (χ4v) is 4.46. The quantitative estimate of drug-likeness (QED) is 0.529. The molecule has 3 heteroatoms. The van der Waals surface area contributed by atoms with Crippen LogP contribution >= 0.6 is 0 Å². The molecule has 30 heavy (non-hydrogen) atoms. The SMILES string of the molecule is Cc1ccc(C(C)(C)c2ccc(Oc3ccc(N4CC5(COC5)C4)cc3)cc2)cc1. The third kappa shape index (κ3) is 3.48. The van der Waals surface area contributed by atoms with Crippen LogP contribution in [0.25, 0.3) is 0 Å². The minimum Gasteiger partial charge on any atom is -0.457 e. The van der Waals surface area contributed by atoms with Gasteiger partial charge in [-0.15, -0.1) is 0 Å². The predicted octanol–water partition coefficient (Wildman–Crippen LogP) is 5.95. The summed E-state index contributed by atoms with van der Waals surface area (Å²) in [7, 11) is 0. The van der Waals surface area contributed by atoms with Crippen LogP contribution in [0.2, 0.25) is 0 Å². The van der Waals surface area contributed by atoms with E-state index in [1.54, 1.807) is 0 Å². The van der Waals surface area contributed by atoms with Crippen molar-refractivity contribution in [1.82, 2.24) is 0 Å². The van der Waals surface area contributed by atoms with Gasteiger partial charge >= 0.3 is 0 Å². The molecule has 1 spiro atoms. The molecule has 154 valence electrons. The van der Waals surface area contributed by atoms with Gasteiger partial charge in [0.2, 0.25) is 0 Å². The lowest BCUT2D eigenvalue weighted by Crippen LogP contribution is -2.66. The number of benzene rings is 3. The van der Waals surface area contributed by atoms with Gasteiger partial charge in [0, 0.05) is 24.2 Å². The number of hydrogen-bond acceptors (Lipinski definition) is 3. The summed E-state index contributed by atoms with van der Waals surface area (Å²) < 4.78 is 11.5. The molecule has 3 aromatic carbocycles. The molecule has 2 aliphatic heterocycles. The first-order chi connectivity index (χ1) is 14.4. The van der Waals surface area contributed by atoms with Crippen molar-refractivity contribution >= 4 is 5.69 Å². The van der Waals surface area contributed by atoms with Crippen LogP contribution in [0.1, 0.15) is 30.5 Å². The second-order valence-electron chi connectivity index (χ2n) is 9.46. The number of rotatable bonds is 5. The van der Waals surface area contributed by atoms with Gasteiger partial charge in [-0.05, 0) is 54.4 Å². The predicted molar refractivity (Wildman–Crippen MR) is 122 cm³/mol. The maximum Gasteiger partial charge on any atom is 0.127 e. The van der Waals surface area contributed by atoms with E-state index >= 15 is 0 Å². The van der Waals surface area contributed by atoms with E-state index in [2.05, 4.69) is 98.5 Å². The maximum absolute atomic E-state index is 6.09. The summed E-state index contributed by atoms with van der Waals surface area (Å²) in [6, 6.07) is 25.7. The van der Waals surface area contributed by atoms with Crippen molar-refractivity contribution in [3.8, 4) is 11.5 Å². The Morgan fingerprint density at radius 1 is 0.767 bits per heavy atom. The molecular weight excluding hydrogens is 370 g/mol. The zero-order valence-electron chi connectivity index (χ0n) is 18.0. The molecule has 0 bridgehead atoms. The van der Waals surface area contributed by atoms with E-state index in [4.69, 9.17) is 9.47 Å². The van der Waals surface area contributed by atoms with Gasteiger partial charge in [-0.25, -0.2) is 0 Å². The summed E-state index contributed by atoms with van der Waals surface area (Å²) in [5.41, 5.74) is 5.53. The van der Waals surface area contributed by atoms with Gasteiger partial charge in [-0.2, -0.15) is 0 Å². The second kappa shape index (κ2) is 7.17. The Bertz CT molecular complexity index is 1010. The van der Waals surface area contributed by atoms with Crippen molar-refractivity contribution in [3.63, 3.8) is 0 Å². The maximum atomic E-state index is 6.09. The summed E-state index contributed by atoms with van der Waals surface area (Å²) in [6.07, 6.45) is 0. The van der Waals surface area contributed by atoms with Crippen LogP contribution in [0.3, 0.4) is 0 Å². The molecule has 2 fully saturated rings. The van der Waals surface area contributed by atoms with Crippen molar-refractivity contribution in [2.75, 3.05) is 31.2 Å². The highest BCUT2D eigenvalue weighted by molar-refractivity contribution is 5.53. The molecule has 0 saturated carbocycles. The van der Waals surface area contributed by atoms with Gasteiger partial charge in [0.05, 0.1) is 18.6 Å². The lowest BCUT2D eigenvalue weighted by Gasteiger charge is -2.56. The molecule has 0 unspecified atom stereocenters. The molecule has 0 aliphatic carbocycles. The Morgan fingerprint density at radius 3 is 1.77 bits per heavy atom.